The highest BCUT2D eigenvalue weighted by Gasteiger charge is 2.84. The Morgan fingerprint density at radius 1 is 1.31 bits per heavy atom. The van der Waals surface area contributed by atoms with E-state index in [2.05, 4.69) is 33.4 Å². The summed E-state index contributed by atoms with van der Waals surface area (Å²) in [6.45, 7) is 13.5. The summed E-state index contributed by atoms with van der Waals surface area (Å²) in [7, 11) is 0. The quantitative estimate of drug-likeness (QED) is 0.437. The predicted molar refractivity (Wildman–Crippen MR) is 129 cm³/mol. The predicted octanol–water partition coefficient (Wildman–Crippen LogP) is 4.63. The second-order valence-corrected chi connectivity index (χ2v) is 12.8. The zero-order valence-electron chi connectivity index (χ0n) is 21.5. The molecule has 6 nitrogen and oxygen atoms in total. The van der Waals surface area contributed by atoms with E-state index in [-0.39, 0.29) is 35.9 Å². The van der Waals surface area contributed by atoms with Gasteiger partial charge in [0.05, 0.1) is 30.8 Å². The van der Waals surface area contributed by atoms with Crippen molar-refractivity contribution < 1.29 is 28.9 Å². The highest BCUT2D eigenvalue weighted by atomic mass is 16.7. The zero-order chi connectivity index (χ0) is 24.9. The van der Waals surface area contributed by atoms with Crippen LogP contribution in [0.1, 0.15) is 59.8 Å². The van der Waals surface area contributed by atoms with Crippen LogP contribution in [0, 0.1) is 51.8 Å². The number of hydrogen-bond donors (Lipinski definition) is 1. The number of fused-ring (bicyclic) bond motifs is 3. The third-order valence-corrected chi connectivity index (χ3v) is 11.3. The van der Waals surface area contributed by atoms with Gasteiger partial charge in [-0.2, -0.15) is 0 Å². The molecule has 2 heterocycles. The Morgan fingerprint density at radius 3 is 2.77 bits per heavy atom. The number of aldehydes is 1. The minimum atomic E-state index is -1.20. The lowest BCUT2D eigenvalue weighted by atomic mass is 9.43. The largest absolute Gasteiger partial charge is 0.481 e. The maximum atomic E-state index is 13.5. The van der Waals surface area contributed by atoms with Crippen LogP contribution in [-0.2, 0) is 23.8 Å². The van der Waals surface area contributed by atoms with E-state index in [0.717, 1.165) is 36.7 Å². The summed E-state index contributed by atoms with van der Waals surface area (Å²) >= 11 is 0. The molecule has 6 aliphatic rings. The summed E-state index contributed by atoms with van der Waals surface area (Å²) in [6, 6.07) is 0. The van der Waals surface area contributed by atoms with Crippen molar-refractivity contribution in [2.45, 2.75) is 78.3 Å². The summed E-state index contributed by atoms with van der Waals surface area (Å²) in [4.78, 5) is 26.7. The van der Waals surface area contributed by atoms with E-state index in [4.69, 9.17) is 14.2 Å². The molecule has 0 unspecified atom stereocenters. The van der Waals surface area contributed by atoms with Crippen LogP contribution in [0.5, 0.6) is 0 Å². The van der Waals surface area contributed by atoms with E-state index in [1.807, 2.05) is 6.92 Å². The average molecular weight is 485 g/mol. The van der Waals surface area contributed by atoms with E-state index in [9.17, 15) is 14.7 Å². The first-order valence-corrected chi connectivity index (χ1v) is 13.6. The fourth-order valence-electron chi connectivity index (χ4n) is 9.99. The number of allylic oxidation sites excluding steroid dienone is 1. The van der Waals surface area contributed by atoms with Crippen molar-refractivity contribution in [2.24, 2.45) is 51.8 Å². The van der Waals surface area contributed by atoms with Crippen LogP contribution < -0.4 is 0 Å². The fraction of sp³-hybridized carbons (Fsp3) is 0.793. The second-order valence-electron chi connectivity index (χ2n) is 12.8. The van der Waals surface area contributed by atoms with Crippen LogP contribution in [0.2, 0.25) is 0 Å². The molecule has 1 N–H and O–H groups in total. The molecule has 4 bridgehead atoms. The van der Waals surface area contributed by atoms with Crippen LogP contribution in [0.15, 0.2) is 23.8 Å². The topological polar surface area (TPSA) is 82.1 Å². The van der Waals surface area contributed by atoms with Gasteiger partial charge in [-0.3, -0.25) is 4.79 Å². The molecule has 3 saturated carbocycles. The van der Waals surface area contributed by atoms with E-state index in [0.29, 0.717) is 37.9 Å². The van der Waals surface area contributed by atoms with Crippen LogP contribution in [-0.4, -0.2) is 49.1 Å². The van der Waals surface area contributed by atoms with Crippen molar-refractivity contribution in [3.63, 3.8) is 0 Å². The first kappa shape index (κ1) is 23.9. The Hall–Kier alpha value is -1.50. The molecular weight excluding hydrogens is 444 g/mol. The van der Waals surface area contributed by atoms with E-state index in [1.165, 1.54) is 0 Å². The van der Waals surface area contributed by atoms with Crippen molar-refractivity contribution in [2.75, 3.05) is 13.2 Å². The Labute approximate surface area is 208 Å². The van der Waals surface area contributed by atoms with Gasteiger partial charge in [0.1, 0.15) is 11.7 Å². The molecule has 0 amide bonds. The van der Waals surface area contributed by atoms with E-state index in [1.54, 1.807) is 0 Å². The molecule has 4 aliphatic carbocycles. The normalized spacial score (nSPS) is 51.9. The van der Waals surface area contributed by atoms with Gasteiger partial charge in [-0.25, -0.2) is 0 Å². The Balaban J connectivity index is 1.39. The third kappa shape index (κ3) is 2.72. The molecule has 6 rings (SSSR count). The molecule has 11 atom stereocenters. The Morgan fingerprint density at radius 2 is 2.09 bits per heavy atom. The Kier molecular flexibility index (Phi) is 5.29. The molecule has 2 aliphatic heterocycles. The maximum absolute atomic E-state index is 13.5. The Bertz CT molecular complexity index is 986. The average Bonchev–Trinajstić information content (AvgIpc) is 3.50. The molecule has 0 spiro atoms. The monoisotopic (exact) mass is 484 g/mol. The number of hydrogen-bond acceptors (Lipinski definition) is 5. The van der Waals surface area contributed by atoms with Gasteiger partial charge >= 0.3 is 5.97 Å². The van der Waals surface area contributed by atoms with Gasteiger partial charge in [-0.05, 0) is 61.3 Å². The van der Waals surface area contributed by atoms with Crippen LogP contribution in [0.25, 0.3) is 0 Å². The van der Waals surface area contributed by atoms with Crippen LogP contribution >= 0.6 is 0 Å². The number of rotatable bonds is 6. The van der Waals surface area contributed by atoms with Crippen molar-refractivity contribution >= 4 is 12.3 Å². The molecule has 0 aromatic heterocycles. The van der Waals surface area contributed by atoms with Crippen molar-refractivity contribution in [3.8, 4) is 0 Å². The lowest BCUT2D eigenvalue weighted by Crippen LogP contribution is -2.63. The lowest BCUT2D eigenvalue weighted by molar-refractivity contribution is -0.248. The van der Waals surface area contributed by atoms with Gasteiger partial charge < -0.3 is 24.1 Å². The fourth-order valence-corrected chi connectivity index (χ4v) is 9.99. The molecule has 35 heavy (non-hydrogen) atoms. The third-order valence-electron chi connectivity index (χ3n) is 11.3. The second kappa shape index (κ2) is 7.75. The maximum Gasteiger partial charge on any atom is 0.315 e. The van der Waals surface area contributed by atoms with Gasteiger partial charge in [0.25, 0.3) is 0 Å². The van der Waals surface area contributed by atoms with Gasteiger partial charge in [0.2, 0.25) is 0 Å². The number of carbonyl (C=O) groups excluding carboxylic acids is 1. The van der Waals surface area contributed by atoms with Gasteiger partial charge in [0.15, 0.2) is 6.29 Å². The number of carbonyl (C=O) groups is 2. The van der Waals surface area contributed by atoms with Crippen molar-refractivity contribution in [3.05, 3.63) is 23.8 Å². The standard InChI is InChI=1S/C29H40O6/c1-15(2)23-8-19-10-27(13-30)22-7-6-16(3)21(22)11-28(19,29(23,27)26(31)32)14-34-24-9-20-17(4)12-33-25(20)18(5)35-24/h8,13,15-16,18-22,24-25H,4,6-7,9-12,14H2,1-3,5H3,(H,31,32)/t16-,18-,19-,20-,21-,22-,24-,25-,27-,28+,29+/m1/s1. The smallest absolute Gasteiger partial charge is 0.315 e. The highest BCUT2D eigenvalue weighted by Crippen LogP contribution is 2.82. The number of aliphatic carboxylic acids is 1. The number of ether oxygens (including phenoxy) is 3. The minimum absolute atomic E-state index is 0.0141. The minimum Gasteiger partial charge on any atom is -0.481 e. The highest BCUT2D eigenvalue weighted by molar-refractivity contribution is 5.90. The molecular formula is C29H40O6. The summed E-state index contributed by atoms with van der Waals surface area (Å²) in [5.41, 5.74) is -0.635. The van der Waals surface area contributed by atoms with Gasteiger partial charge in [-0.1, -0.05) is 45.4 Å². The number of carboxylic acids is 1. The van der Waals surface area contributed by atoms with Crippen LogP contribution in [0.4, 0.5) is 0 Å². The molecule has 192 valence electrons. The summed E-state index contributed by atoms with van der Waals surface area (Å²) in [5, 5.41) is 11.1. The molecule has 0 radical (unpaired) electrons. The van der Waals surface area contributed by atoms with E-state index >= 15 is 0 Å². The van der Waals surface area contributed by atoms with Crippen molar-refractivity contribution in [1.82, 2.24) is 0 Å². The molecule has 6 heteroatoms. The van der Waals surface area contributed by atoms with Gasteiger partial charge in [0, 0.05) is 17.8 Å². The molecule has 0 aromatic rings. The first-order valence-electron chi connectivity index (χ1n) is 13.6. The summed E-state index contributed by atoms with van der Waals surface area (Å²) in [6.07, 6.45) is 6.92. The summed E-state index contributed by atoms with van der Waals surface area (Å²) < 4.78 is 18.7. The van der Waals surface area contributed by atoms with Gasteiger partial charge in [-0.15, -0.1) is 0 Å². The van der Waals surface area contributed by atoms with Crippen molar-refractivity contribution in [1.29, 1.82) is 0 Å². The molecule has 2 saturated heterocycles. The first-order chi connectivity index (χ1) is 16.6. The van der Waals surface area contributed by atoms with Crippen LogP contribution in [0.3, 0.4) is 0 Å². The molecule has 0 aromatic carbocycles. The summed E-state index contributed by atoms with van der Waals surface area (Å²) in [5.74, 6) is 0.474. The number of carboxylic acid groups (broad SMARTS) is 1. The SMILES string of the molecule is C=C1CO[C@H]2[C@@H]1C[C@H](OC[C@@]13C[C@@H]4[C@H](C)CC[C@H]4[C@]4(C=O)C[C@H]1C=C(C(C)C)[C@@]34C(=O)O)O[C@@H]2C. The zero-order valence-corrected chi connectivity index (χ0v) is 21.5. The molecule has 5 fully saturated rings. The lowest BCUT2D eigenvalue weighted by Gasteiger charge is -2.58. The van der Waals surface area contributed by atoms with E-state index < -0.39 is 28.5 Å².